The average molecular weight is 443 g/mol. The molecule has 1 unspecified atom stereocenters. The summed E-state index contributed by atoms with van der Waals surface area (Å²) in [5.74, 6) is 0.480. The lowest BCUT2D eigenvalue weighted by Gasteiger charge is -2.16. The van der Waals surface area contributed by atoms with Crippen LogP contribution in [0.3, 0.4) is 0 Å². The molecule has 0 spiro atoms. The maximum atomic E-state index is 12.4. The van der Waals surface area contributed by atoms with Crippen molar-refractivity contribution in [3.8, 4) is 11.6 Å². The highest BCUT2D eigenvalue weighted by Gasteiger charge is 2.22. The Morgan fingerprint density at radius 3 is 2.65 bits per heavy atom. The normalized spacial score (nSPS) is 11.8. The van der Waals surface area contributed by atoms with Crippen LogP contribution in [-0.2, 0) is 27.3 Å². The molecule has 0 aliphatic heterocycles. The van der Waals surface area contributed by atoms with Crippen molar-refractivity contribution >= 4 is 23.6 Å². The van der Waals surface area contributed by atoms with Gasteiger partial charge in [-0.05, 0) is 38.0 Å². The second-order valence-electron chi connectivity index (χ2n) is 6.76. The Morgan fingerprint density at radius 1 is 1.16 bits per heavy atom. The largest absolute Gasteiger partial charge is 0.466 e. The molecule has 0 radical (unpaired) electrons. The monoisotopic (exact) mass is 442 g/mol. The number of carbonyl (C=O) groups is 2. The smallest absolute Gasteiger partial charge is 0.311 e. The number of esters is 1. The van der Waals surface area contributed by atoms with Crippen molar-refractivity contribution in [1.29, 1.82) is 0 Å². The maximum absolute atomic E-state index is 12.4. The third-order valence-corrected chi connectivity index (χ3v) is 5.56. The van der Waals surface area contributed by atoms with Gasteiger partial charge in [0.25, 0.3) is 0 Å². The molecule has 3 aromatic rings. The molecule has 0 aliphatic carbocycles. The molecule has 0 saturated carbocycles. The molecule has 0 bridgehead atoms. The van der Waals surface area contributed by atoms with Crippen molar-refractivity contribution in [1.82, 2.24) is 20.1 Å². The van der Waals surface area contributed by atoms with Gasteiger partial charge < -0.3 is 14.5 Å². The van der Waals surface area contributed by atoms with Crippen molar-refractivity contribution in [3.05, 3.63) is 54.3 Å². The highest BCUT2D eigenvalue weighted by molar-refractivity contribution is 7.99. The minimum absolute atomic E-state index is 0.164. The number of hydrogen-bond donors (Lipinski definition) is 1. The molecule has 0 aliphatic rings. The van der Waals surface area contributed by atoms with Crippen molar-refractivity contribution in [3.63, 3.8) is 0 Å². The molecule has 1 atom stereocenters. The molecule has 0 saturated heterocycles. The molecule has 31 heavy (non-hydrogen) atoms. The van der Waals surface area contributed by atoms with E-state index in [1.807, 2.05) is 47.9 Å². The number of benzene rings is 1. The highest BCUT2D eigenvalue weighted by atomic mass is 32.2. The van der Waals surface area contributed by atoms with Gasteiger partial charge in [0.15, 0.2) is 16.7 Å². The quantitative estimate of drug-likeness (QED) is 0.360. The molecular weight excluding hydrogens is 416 g/mol. The van der Waals surface area contributed by atoms with Crippen LogP contribution in [0.2, 0.25) is 0 Å². The second-order valence-corrected chi connectivity index (χ2v) is 7.70. The number of furan rings is 1. The summed E-state index contributed by atoms with van der Waals surface area (Å²) in [5, 5.41) is 11.8. The van der Waals surface area contributed by atoms with E-state index in [0.29, 0.717) is 36.3 Å². The van der Waals surface area contributed by atoms with E-state index >= 15 is 0 Å². The predicted molar refractivity (Wildman–Crippen MR) is 117 cm³/mol. The summed E-state index contributed by atoms with van der Waals surface area (Å²) in [6.07, 6.45) is 2.09. The fourth-order valence-electron chi connectivity index (χ4n) is 3.08. The van der Waals surface area contributed by atoms with E-state index in [2.05, 4.69) is 15.5 Å². The summed E-state index contributed by atoms with van der Waals surface area (Å²) in [7, 11) is 0. The van der Waals surface area contributed by atoms with Gasteiger partial charge in [-0.15, -0.1) is 10.2 Å². The number of nitrogens with zero attached hydrogens (tertiary/aromatic N) is 3. The Bertz CT molecular complexity index is 973. The molecule has 2 aromatic heterocycles. The lowest BCUT2D eigenvalue weighted by atomic mass is 9.99. The summed E-state index contributed by atoms with van der Waals surface area (Å²) in [4.78, 5) is 24.8. The van der Waals surface area contributed by atoms with Gasteiger partial charge in [0, 0.05) is 13.1 Å². The van der Waals surface area contributed by atoms with Gasteiger partial charge in [-0.3, -0.25) is 14.2 Å². The molecule has 1 N–H and O–H groups in total. The van der Waals surface area contributed by atoms with Crippen molar-refractivity contribution in [2.45, 2.75) is 32.0 Å². The number of carbonyl (C=O) groups excluding carboxylic acids is 2. The zero-order valence-electron chi connectivity index (χ0n) is 17.6. The van der Waals surface area contributed by atoms with E-state index in [9.17, 15) is 9.59 Å². The number of amides is 1. The molecule has 0 fully saturated rings. The molecule has 9 heteroatoms. The zero-order chi connectivity index (χ0) is 22.1. The van der Waals surface area contributed by atoms with E-state index < -0.39 is 5.92 Å². The van der Waals surface area contributed by atoms with Crippen LogP contribution in [0.5, 0.6) is 0 Å². The van der Waals surface area contributed by atoms with Crippen LogP contribution in [0.15, 0.2) is 58.3 Å². The van der Waals surface area contributed by atoms with Crippen LogP contribution in [0.1, 0.15) is 19.4 Å². The van der Waals surface area contributed by atoms with Crippen LogP contribution >= 0.6 is 11.8 Å². The lowest BCUT2D eigenvalue weighted by molar-refractivity contribution is -0.147. The first kappa shape index (κ1) is 22.6. The Kier molecular flexibility index (Phi) is 8.28. The minimum Gasteiger partial charge on any atom is -0.466 e. The fourth-order valence-corrected chi connectivity index (χ4v) is 3.92. The van der Waals surface area contributed by atoms with Crippen LogP contribution in [0.25, 0.3) is 11.6 Å². The third kappa shape index (κ3) is 6.21. The predicted octanol–water partition coefficient (Wildman–Crippen LogP) is 3.19. The average Bonchev–Trinajstić information content (AvgIpc) is 3.45. The molecule has 8 nitrogen and oxygen atoms in total. The standard InChI is InChI=1S/C22H26N4O4S/c1-3-26-20(18-11-8-12-30-18)24-25-22(26)31-15-19(27)23-14-17(21(28)29-4-2)13-16-9-6-5-7-10-16/h5-12,17H,3-4,13-15H2,1-2H3,(H,23,27). The molecule has 2 heterocycles. The summed E-state index contributed by atoms with van der Waals surface area (Å²) in [6, 6.07) is 13.3. The van der Waals surface area contributed by atoms with E-state index in [-0.39, 0.29) is 24.2 Å². The Labute approximate surface area is 185 Å². The van der Waals surface area contributed by atoms with Gasteiger partial charge in [-0.1, -0.05) is 42.1 Å². The SMILES string of the molecule is CCOC(=O)C(CNC(=O)CSc1nnc(-c2ccco2)n1CC)Cc1ccccc1. The van der Waals surface area contributed by atoms with Crippen molar-refractivity contribution < 1.29 is 18.7 Å². The first-order valence-electron chi connectivity index (χ1n) is 10.2. The fraction of sp³-hybridized carbons (Fsp3) is 0.364. The summed E-state index contributed by atoms with van der Waals surface area (Å²) in [5.41, 5.74) is 1.02. The summed E-state index contributed by atoms with van der Waals surface area (Å²) < 4.78 is 12.5. The summed E-state index contributed by atoms with van der Waals surface area (Å²) in [6.45, 7) is 4.92. The lowest BCUT2D eigenvalue weighted by Crippen LogP contribution is -2.36. The number of aromatic nitrogens is 3. The van der Waals surface area contributed by atoms with Crippen LogP contribution in [0.4, 0.5) is 0 Å². The zero-order valence-corrected chi connectivity index (χ0v) is 18.4. The van der Waals surface area contributed by atoms with Crippen molar-refractivity contribution in [2.75, 3.05) is 18.9 Å². The number of thioether (sulfide) groups is 1. The molecule has 1 amide bonds. The van der Waals surface area contributed by atoms with Gasteiger partial charge in [-0.25, -0.2) is 0 Å². The third-order valence-electron chi connectivity index (χ3n) is 4.60. The Balaban J connectivity index is 1.56. The number of hydrogen-bond acceptors (Lipinski definition) is 7. The van der Waals surface area contributed by atoms with E-state index in [4.69, 9.17) is 9.15 Å². The van der Waals surface area contributed by atoms with E-state index in [0.717, 1.165) is 5.56 Å². The van der Waals surface area contributed by atoms with Crippen molar-refractivity contribution in [2.24, 2.45) is 5.92 Å². The van der Waals surface area contributed by atoms with Crippen LogP contribution in [0, 0.1) is 5.92 Å². The Hall–Kier alpha value is -3.07. The highest BCUT2D eigenvalue weighted by Crippen LogP contribution is 2.24. The topological polar surface area (TPSA) is 99.2 Å². The molecule has 3 rings (SSSR count). The number of rotatable bonds is 11. The Morgan fingerprint density at radius 2 is 1.97 bits per heavy atom. The molecule has 164 valence electrons. The van der Waals surface area contributed by atoms with Gasteiger partial charge in [0.1, 0.15) is 0 Å². The van der Waals surface area contributed by atoms with Gasteiger partial charge >= 0.3 is 5.97 Å². The molecule has 1 aromatic carbocycles. The number of ether oxygens (including phenoxy) is 1. The summed E-state index contributed by atoms with van der Waals surface area (Å²) >= 11 is 1.29. The second kappa shape index (κ2) is 11.4. The number of nitrogens with one attached hydrogen (secondary N) is 1. The van der Waals surface area contributed by atoms with Gasteiger partial charge in [0.05, 0.1) is 24.5 Å². The first-order valence-corrected chi connectivity index (χ1v) is 11.2. The van der Waals surface area contributed by atoms with Crippen LogP contribution < -0.4 is 5.32 Å². The van der Waals surface area contributed by atoms with Gasteiger partial charge in [-0.2, -0.15) is 0 Å². The van der Waals surface area contributed by atoms with E-state index in [1.54, 1.807) is 19.3 Å². The molecular formula is C22H26N4O4S. The van der Waals surface area contributed by atoms with E-state index in [1.165, 1.54) is 11.8 Å². The first-order chi connectivity index (χ1) is 15.1. The van der Waals surface area contributed by atoms with Gasteiger partial charge in [0.2, 0.25) is 5.91 Å². The maximum Gasteiger partial charge on any atom is 0.311 e. The minimum atomic E-state index is -0.443. The van der Waals surface area contributed by atoms with Crippen LogP contribution in [-0.4, -0.2) is 45.5 Å².